The fourth-order valence-electron chi connectivity index (χ4n) is 1.05. The van der Waals surface area contributed by atoms with Crippen LogP contribution in [0.2, 0.25) is 0 Å². The largest absolute Gasteiger partial charge is 0.312 e. The normalized spacial score (nSPS) is 17.1. The molecule has 0 saturated heterocycles. The van der Waals surface area contributed by atoms with Crippen LogP contribution < -0.4 is 10.6 Å². The molecule has 0 rings (SSSR count). The van der Waals surface area contributed by atoms with Gasteiger partial charge in [0.1, 0.15) is 0 Å². The fourth-order valence-corrected chi connectivity index (χ4v) is 1.45. The van der Waals surface area contributed by atoms with Crippen LogP contribution in [0.25, 0.3) is 0 Å². The molecule has 2 N–H and O–H groups in total. The van der Waals surface area contributed by atoms with Crippen molar-refractivity contribution >= 4 is 9.84 Å². The van der Waals surface area contributed by atoms with Gasteiger partial charge in [-0.1, -0.05) is 0 Å². The summed E-state index contributed by atoms with van der Waals surface area (Å²) in [5.41, 5.74) is 0.0956. The van der Waals surface area contributed by atoms with E-state index in [2.05, 4.69) is 31.4 Å². The molecular weight excluding hydrogens is 224 g/mol. The summed E-state index contributed by atoms with van der Waals surface area (Å²) in [4.78, 5) is 0. The molecule has 0 aliphatic heterocycles. The predicted molar refractivity (Wildman–Crippen MR) is 69.5 cm³/mol. The van der Waals surface area contributed by atoms with Crippen LogP contribution in [0.4, 0.5) is 0 Å². The summed E-state index contributed by atoms with van der Waals surface area (Å²) < 4.78 is 22.4. The summed E-state index contributed by atoms with van der Waals surface area (Å²) >= 11 is 0. The van der Waals surface area contributed by atoms with E-state index in [0.29, 0.717) is 6.54 Å². The number of hydrogen-bond acceptors (Lipinski definition) is 4. The molecule has 0 aromatic heterocycles. The molecule has 5 heteroatoms. The molecule has 0 aromatic carbocycles. The summed E-state index contributed by atoms with van der Waals surface area (Å²) in [6.45, 7) is 11.4. The Morgan fingerprint density at radius 2 is 1.62 bits per heavy atom. The molecule has 0 saturated carbocycles. The smallest absolute Gasteiger partial charge is 0.151 e. The molecule has 0 amide bonds. The minimum Gasteiger partial charge on any atom is -0.312 e. The van der Waals surface area contributed by atoms with Gasteiger partial charge in [0.15, 0.2) is 9.84 Å². The van der Waals surface area contributed by atoms with Crippen molar-refractivity contribution in [3.63, 3.8) is 0 Å². The second-order valence-electron chi connectivity index (χ2n) is 5.58. The highest BCUT2D eigenvalue weighted by Gasteiger charge is 2.16. The summed E-state index contributed by atoms with van der Waals surface area (Å²) in [6.07, 6.45) is 1.28. The zero-order chi connectivity index (χ0) is 13.0. The maximum absolute atomic E-state index is 11.2. The lowest BCUT2D eigenvalue weighted by Gasteiger charge is -2.24. The molecule has 0 radical (unpaired) electrons. The number of sulfone groups is 1. The quantitative estimate of drug-likeness (QED) is 0.731. The van der Waals surface area contributed by atoms with Gasteiger partial charge in [-0.3, -0.25) is 0 Å². The van der Waals surface area contributed by atoms with Gasteiger partial charge in [0.05, 0.1) is 5.25 Å². The first kappa shape index (κ1) is 15.9. The minimum atomic E-state index is -2.92. The monoisotopic (exact) mass is 250 g/mol. The van der Waals surface area contributed by atoms with Crippen molar-refractivity contribution in [1.82, 2.24) is 10.6 Å². The van der Waals surface area contributed by atoms with E-state index in [1.165, 1.54) is 6.26 Å². The Kier molecular flexibility index (Phi) is 5.93. The van der Waals surface area contributed by atoms with E-state index in [0.717, 1.165) is 6.54 Å². The topological polar surface area (TPSA) is 58.2 Å². The second-order valence-corrected chi connectivity index (χ2v) is 8.04. The summed E-state index contributed by atoms with van der Waals surface area (Å²) in [5, 5.41) is 6.26. The first-order chi connectivity index (χ1) is 7.02. The van der Waals surface area contributed by atoms with E-state index in [4.69, 9.17) is 0 Å². The standard InChI is InChI=1S/C11H26N2O2S/c1-9(7-13-11(3,4)5)12-8-10(2)16(6,14)15/h9-10,12-13H,7-8H2,1-6H3. The lowest BCUT2D eigenvalue weighted by Crippen LogP contribution is -2.46. The fraction of sp³-hybridized carbons (Fsp3) is 1.00. The van der Waals surface area contributed by atoms with Crippen LogP contribution in [0.1, 0.15) is 34.6 Å². The third kappa shape index (κ3) is 8.07. The molecule has 2 unspecified atom stereocenters. The Hall–Kier alpha value is -0.130. The van der Waals surface area contributed by atoms with Gasteiger partial charge in [0, 0.05) is 30.9 Å². The van der Waals surface area contributed by atoms with Gasteiger partial charge in [-0.05, 0) is 34.6 Å². The Balaban J connectivity index is 3.87. The van der Waals surface area contributed by atoms with Crippen LogP contribution in [0.5, 0.6) is 0 Å². The molecule has 0 aromatic rings. The molecule has 0 aliphatic rings. The van der Waals surface area contributed by atoms with Crippen LogP contribution in [-0.4, -0.2) is 44.6 Å². The van der Waals surface area contributed by atoms with Crippen molar-refractivity contribution in [2.45, 2.75) is 51.4 Å². The molecule has 16 heavy (non-hydrogen) atoms. The lowest BCUT2D eigenvalue weighted by molar-refractivity contribution is 0.388. The van der Waals surface area contributed by atoms with Gasteiger partial charge in [-0.2, -0.15) is 0 Å². The van der Waals surface area contributed by atoms with Crippen molar-refractivity contribution in [2.24, 2.45) is 0 Å². The average Bonchev–Trinajstić information content (AvgIpc) is 2.08. The van der Waals surface area contributed by atoms with E-state index >= 15 is 0 Å². The highest BCUT2D eigenvalue weighted by molar-refractivity contribution is 7.91. The van der Waals surface area contributed by atoms with Crippen molar-refractivity contribution in [3.8, 4) is 0 Å². The highest BCUT2D eigenvalue weighted by Crippen LogP contribution is 1.99. The van der Waals surface area contributed by atoms with E-state index in [1.807, 2.05) is 6.92 Å². The SMILES string of the molecule is CC(CNC(C)(C)C)NCC(C)S(C)(=O)=O. The molecule has 0 heterocycles. The molecule has 0 spiro atoms. The molecule has 2 atom stereocenters. The second kappa shape index (κ2) is 5.98. The number of rotatable bonds is 6. The van der Waals surface area contributed by atoms with Gasteiger partial charge in [0.25, 0.3) is 0 Å². The van der Waals surface area contributed by atoms with Gasteiger partial charge in [0.2, 0.25) is 0 Å². The molecular formula is C11H26N2O2S. The van der Waals surface area contributed by atoms with Crippen LogP contribution >= 0.6 is 0 Å². The summed E-state index contributed by atoms with van der Waals surface area (Å²) in [6, 6.07) is 0.267. The average molecular weight is 250 g/mol. The zero-order valence-electron chi connectivity index (χ0n) is 11.3. The lowest BCUT2D eigenvalue weighted by atomic mass is 10.1. The maximum Gasteiger partial charge on any atom is 0.151 e. The van der Waals surface area contributed by atoms with Crippen LogP contribution in [-0.2, 0) is 9.84 Å². The van der Waals surface area contributed by atoms with Crippen molar-refractivity contribution in [3.05, 3.63) is 0 Å². The molecule has 0 aliphatic carbocycles. The summed E-state index contributed by atoms with van der Waals surface area (Å²) in [7, 11) is -2.92. The first-order valence-electron chi connectivity index (χ1n) is 5.69. The predicted octanol–water partition coefficient (Wildman–Crippen LogP) is 0.786. The van der Waals surface area contributed by atoms with E-state index in [-0.39, 0.29) is 16.8 Å². The van der Waals surface area contributed by atoms with Crippen LogP contribution in [0, 0.1) is 0 Å². The minimum absolute atomic E-state index is 0.0956. The van der Waals surface area contributed by atoms with E-state index in [1.54, 1.807) is 6.92 Å². The number of hydrogen-bond donors (Lipinski definition) is 2. The van der Waals surface area contributed by atoms with E-state index in [9.17, 15) is 8.42 Å². The zero-order valence-corrected chi connectivity index (χ0v) is 12.1. The Morgan fingerprint density at radius 3 is 2.00 bits per heavy atom. The summed E-state index contributed by atoms with van der Waals surface area (Å²) in [5.74, 6) is 0. The van der Waals surface area contributed by atoms with Gasteiger partial charge >= 0.3 is 0 Å². The third-order valence-corrected chi connectivity index (χ3v) is 4.05. The Morgan fingerprint density at radius 1 is 1.12 bits per heavy atom. The van der Waals surface area contributed by atoms with Crippen molar-refractivity contribution in [1.29, 1.82) is 0 Å². The van der Waals surface area contributed by atoms with Gasteiger partial charge < -0.3 is 10.6 Å². The van der Waals surface area contributed by atoms with Gasteiger partial charge in [-0.15, -0.1) is 0 Å². The first-order valence-corrected chi connectivity index (χ1v) is 7.65. The molecule has 4 nitrogen and oxygen atoms in total. The molecule has 0 fully saturated rings. The van der Waals surface area contributed by atoms with E-state index < -0.39 is 9.84 Å². The van der Waals surface area contributed by atoms with Gasteiger partial charge in [-0.25, -0.2) is 8.42 Å². The third-order valence-electron chi connectivity index (χ3n) is 2.42. The van der Waals surface area contributed by atoms with Crippen molar-refractivity contribution < 1.29 is 8.42 Å². The van der Waals surface area contributed by atoms with Crippen LogP contribution in [0.3, 0.4) is 0 Å². The maximum atomic E-state index is 11.2. The molecule has 0 bridgehead atoms. The van der Waals surface area contributed by atoms with Crippen LogP contribution in [0.15, 0.2) is 0 Å². The highest BCUT2D eigenvalue weighted by atomic mass is 32.2. The Labute approximate surface area is 100 Å². The van der Waals surface area contributed by atoms with Crippen molar-refractivity contribution in [2.75, 3.05) is 19.3 Å². The molecule has 98 valence electrons. The Bertz CT molecular complexity index is 294. The number of nitrogens with one attached hydrogen (secondary N) is 2.